The normalized spacial score (nSPS) is 24.0. The standard InChI is InChI=1S/C18H29NO2/c1-5-20-17-8-6-15(7-9-17)14(4)19-16-10-11-21-18(12-16)13(2)3/h6-9,13-14,16,18-19H,5,10-12H2,1-4H3. The predicted octanol–water partition coefficient (Wildman–Crippen LogP) is 3.94. The summed E-state index contributed by atoms with van der Waals surface area (Å²) in [5.41, 5.74) is 1.31. The number of ether oxygens (including phenoxy) is 2. The molecule has 1 aliphatic rings. The molecule has 1 saturated heterocycles. The molecule has 0 bridgehead atoms. The summed E-state index contributed by atoms with van der Waals surface area (Å²) in [4.78, 5) is 0. The number of hydrogen-bond acceptors (Lipinski definition) is 3. The van der Waals surface area contributed by atoms with Crippen molar-refractivity contribution in [2.24, 2.45) is 5.92 Å². The van der Waals surface area contributed by atoms with E-state index in [9.17, 15) is 0 Å². The molecular formula is C18H29NO2. The van der Waals surface area contributed by atoms with Crippen LogP contribution < -0.4 is 10.1 Å². The Morgan fingerprint density at radius 2 is 1.95 bits per heavy atom. The fourth-order valence-corrected chi connectivity index (χ4v) is 2.91. The molecule has 118 valence electrons. The first-order valence-electron chi connectivity index (χ1n) is 8.20. The lowest BCUT2D eigenvalue weighted by Gasteiger charge is -2.34. The molecule has 3 unspecified atom stereocenters. The average molecular weight is 291 g/mol. The van der Waals surface area contributed by atoms with E-state index in [-0.39, 0.29) is 0 Å². The molecule has 1 aromatic rings. The lowest BCUT2D eigenvalue weighted by atomic mass is 9.94. The van der Waals surface area contributed by atoms with Gasteiger partial charge in [-0.2, -0.15) is 0 Å². The number of nitrogens with one attached hydrogen (secondary N) is 1. The number of benzene rings is 1. The third-order valence-corrected chi connectivity index (χ3v) is 4.24. The lowest BCUT2D eigenvalue weighted by Crippen LogP contribution is -2.41. The zero-order valence-electron chi connectivity index (χ0n) is 13.8. The maximum absolute atomic E-state index is 5.84. The third-order valence-electron chi connectivity index (χ3n) is 4.24. The van der Waals surface area contributed by atoms with Crippen molar-refractivity contribution in [3.05, 3.63) is 29.8 Å². The monoisotopic (exact) mass is 291 g/mol. The largest absolute Gasteiger partial charge is 0.494 e. The predicted molar refractivity (Wildman–Crippen MR) is 86.8 cm³/mol. The van der Waals surface area contributed by atoms with E-state index >= 15 is 0 Å². The van der Waals surface area contributed by atoms with Gasteiger partial charge in [0.15, 0.2) is 0 Å². The van der Waals surface area contributed by atoms with Crippen LogP contribution in [0, 0.1) is 5.92 Å². The molecule has 3 nitrogen and oxygen atoms in total. The van der Waals surface area contributed by atoms with Crippen molar-refractivity contribution in [1.82, 2.24) is 5.32 Å². The summed E-state index contributed by atoms with van der Waals surface area (Å²) in [5.74, 6) is 1.54. The Morgan fingerprint density at radius 1 is 1.24 bits per heavy atom. The van der Waals surface area contributed by atoms with Gasteiger partial charge in [0.05, 0.1) is 12.7 Å². The maximum Gasteiger partial charge on any atom is 0.119 e. The van der Waals surface area contributed by atoms with Crippen LogP contribution in [0.3, 0.4) is 0 Å². The highest BCUT2D eigenvalue weighted by molar-refractivity contribution is 5.29. The van der Waals surface area contributed by atoms with Crippen LogP contribution in [0.2, 0.25) is 0 Å². The zero-order valence-corrected chi connectivity index (χ0v) is 13.8. The van der Waals surface area contributed by atoms with E-state index in [0.29, 0.717) is 30.7 Å². The van der Waals surface area contributed by atoms with E-state index in [1.807, 2.05) is 6.92 Å². The molecule has 0 aromatic heterocycles. The van der Waals surface area contributed by atoms with Crippen LogP contribution in [-0.4, -0.2) is 25.4 Å². The lowest BCUT2D eigenvalue weighted by molar-refractivity contribution is -0.0256. The van der Waals surface area contributed by atoms with Crippen LogP contribution in [0.15, 0.2) is 24.3 Å². The highest BCUT2D eigenvalue weighted by Gasteiger charge is 2.25. The molecule has 1 aliphatic heterocycles. The van der Waals surface area contributed by atoms with Crippen LogP contribution in [0.25, 0.3) is 0 Å². The molecule has 0 radical (unpaired) electrons. The molecule has 0 saturated carbocycles. The Balaban J connectivity index is 1.89. The molecular weight excluding hydrogens is 262 g/mol. The summed E-state index contributed by atoms with van der Waals surface area (Å²) >= 11 is 0. The van der Waals surface area contributed by atoms with Gasteiger partial charge in [0.2, 0.25) is 0 Å². The van der Waals surface area contributed by atoms with Crippen LogP contribution in [0.1, 0.15) is 52.1 Å². The SMILES string of the molecule is CCOc1ccc(C(C)NC2CCOC(C(C)C)C2)cc1. The first-order valence-corrected chi connectivity index (χ1v) is 8.20. The molecule has 1 fully saturated rings. The Morgan fingerprint density at radius 3 is 2.57 bits per heavy atom. The summed E-state index contributed by atoms with van der Waals surface area (Å²) in [6.07, 6.45) is 2.60. The summed E-state index contributed by atoms with van der Waals surface area (Å²) in [6.45, 7) is 10.3. The van der Waals surface area contributed by atoms with Crippen LogP contribution >= 0.6 is 0 Å². The second-order valence-electron chi connectivity index (χ2n) is 6.26. The van der Waals surface area contributed by atoms with Gasteiger partial charge in [0.1, 0.15) is 5.75 Å². The topological polar surface area (TPSA) is 30.5 Å². The van der Waals surface area contributed by atoms with E-state index in [0.717, 1.165) is 25.2 Å². The molecule has 0 spiro atoms. The van der Waals surface area contributed by atoms with Crippen molar-refractivity contribution < 1.29 is 9.47 Å². The fraction of sp³-hybridized carbons (Fsp3) is 0.667. The Labute approximate surface area is 129 Å². The average Bonchev–Trinajstić information content (AvgIpc) is 2.48. The molecule has 3 heteroatoms. The van der Waals surface area contributed by atoms with Gasteiger partial charge in [0, 0.05) is 18.7 Å². The highest BCUT2D eigenvalue weighted by Crippen LogP contribution is 2.23. The van der Waals surface area contributed by atoms with Gasteiger partial charge in [-0.3, -0.25) is 0 Å². The van der Waals surface area contributed by atoms with E-state index in [1.165, 1.54) is 5.56 Å². The number of rotatable bonds is 6. The van der Waals surface area contributed by atoms with Gasteiger partial charge in [-0.05, 0) is 50.3 Å². The highest BCUT2D eigenvalue weighted by atomic mass is 16.5. The van der Waals surface area contributed by atoms with Crippen molar-refractivity contribution in [2.75, 3.05) is 13.2 Å². The zero-order chi connectivity index (χ0) is 15.2. The van der Waals surface area contributed by atoms with E-state index < -0.39 is 0 Å². The molecule has 0 amide bonds. The second-order valence-corrected chi connectivity index (χ2v) is 6.26. The second kappa shape index (κ2) is 7.81. The molecule has 0 aliphatic carbocycles. The smallest absolute Gasteiger partial charge is 0.119 e. The first-order chi connectivity index (χ1) is 10.1. The minimum atomic E-state index is 0.358. The molecule has 1 aromatic carbocycles. The van der Waals surface area contributed by atoms with Gasteiger partial charge in [-0.25, -0.2) is 0 Å². The van der Waals surface area contributed by atoms with Crippen molar-refractivity contribution in [3.8, 4) is 5.75 Å². The maximum atomic E-state index is 5.84. The van der Waals surface area contributed by atoms with Gasteiger partial charge in [0.25, 0.3) is 0 Å². The molecule has 3 atom stereocenters. The Kier molecular flexibility index (Phi) is 6.07. The van der Waals surface area contributed by atoms with Crippen molar-refractivity contribution in [3.63, 3.8) is 0 Å². The van der Waals surface area contributed by atoms with Gasteiger partial charge < -0.3 is 14.8 Å². The number of hydrogen-bond donors (Lipinski definition) is 1. The summed E-state index contributed by atoms with van der Waals surface area (Å²) in [6, 6.07) is 9.32. The first kappa shape index (κ1) is 16.3. The summed E-state index contributed by atoms with van der Waals surface area (Å²) in [7, 11) is 0. The van der Waals surface area contributed by atoms with E-state index in [1.54, 1.807) is 0 Å². The van der Waals surface area contributed by atoms with Crippen molar-refractivity contribution >= 4 is 0 Å². The van der Waals surface area contributed by atoms with E-state index in [2.05, 4.69) is 50.4 Å². The Hall–Kier alpha value is -1.06. The minimum absolute atomic E-state index is 0.358. The Bertz CT molecular complexity index is 416. The van der Waals surface area contributed by atoms with Crippen molar-refractivity contribution in [2.45, 2.75) is 58.7 Å². The third kappa shape index (κ3) is 4.72. The van der Waals surface area contributed by atoms with Gasteiger partial charge >= 0.3 is 0 Å². The van der Waals surface area contributed by atoms with Crippen LogP contribution in [-0.2, 0) is 4.74 Å². The fourth-order valence-electron chi connectivity index (χ4n) is 2.91. The molecule has 2 rings (SSSR count). The molecule has 21 heavy (non-hydrogen) atoms. The quantitative estimate of drug-likeness (QED) is 0.861. The molecule has 1 heterocycles. The summed E-state index contributed by atoms with van der Waals surface area (Å²) < 4.78 is 11.3. The van der Waals surface area contributed by atoms with E-state index in [4.69, 9.17) is 9.47 Å². The van der Waals surface area contributed by atoms with Crippen molar-refractivity contribution in [1.29, 1.82) is 0 Å². The summed E-state index contributed by atoms with van der Waals surface area (Å²) in [5, 5.41) is 3.75. The molecule has 1 N–H and O–H groups in total. The van der Waals surface area contributed by atoms with Crippen LogP contribution in [0.5, 0.6) is 5.75 Å². The minimum Gasteiger partial charge on any atom is -0.494 e. The van der Waals surface area contributed by atoms with Crippen LogP contribution in [0.4, 0.5) is 0 Å². The van der Waals surface area contributed by atoms with Gasteiger partial charge in [-0.1, -0.05) is 26.0 Å². The van der Waals surface area contributed by atoms with Gasteiger partial charge in [-0.15, -0.1) is 0 Å².